The summed E-state index contributed by atoms with van der Waals surface area (Å²) in [6.07, 6.45) is 11.6. The molecule has 0 aromatic carbocycles. The Morgan fingerprint density at radius 3 is 2.00 bits per heavy atom. The van der Waals surface area contributed by atoms with Crippen LogP contribution in [0.2, 0.25) is 0 Å². The van der Waals surface area contributed by atoms with E-state index < -0.39 is 0 Å². The van der Waals surface area contributed by atoms with E-state index in [9.17, 15) is 0 Å². The van der Waals surface area contributed by atoms with Crippen LogP contribution in [0.5, 0.6) is 0 Å². The van der Waals surface area contributed by atoms with Gasteiger partial charge >= 0.3 is 0 Å². The molecule has 0 radical (unpaired) electrons. The standard InChI is InChI=1S/C12H21N/c13-12(9-5-2-1-3-6-9)10-7-4-8-11(10)12/h9-11H,1-8,13H2. The third kappa shape index (κ3) is 1.03. The van der Waals surface area contributed by atoms with Crippen LogP contribution in [0.4, 0.5) is 0 Å². The molecule has 13 heavy (non-hydrogen) atoms. The molecule has 0 spiro atoms. The number of nitrogens with two attached hydrogens (primary N) is 1. The van der Waals surface area contributed by atoms with Gasteiger partial charge < -0.3 is 5.73 Å². The lowest BCUT2D eigenvalue weighted by Gasteiger charge is -2.30. The maximum atomic E-state index is 6.57. The molecule has 2 N–H and O–H groups in total. The maximum absolute atomic E-state index is 6.57. The Bertz CT molecular complexity index is 195. The Hall–Kier alpha value is -0.0400. The highest BCUT2D eigenvalue weighted by molar-refractivity contribution is 5.21. The molecular weight excluding hydrogens is 158 g/mol. The molecule has 3 aliphatic carbocycles. The van der Waals surface area contributed by atoms with Gasteiger partial charge in [0.05, 0.1) is 0 Å². The van der Waals surface area contributed by atoms with Crippen LogP contribution in [-0.2, 0) is 0 Å². The number of hydrogen-bond acceptors (Lipinski definition) is 1. The van der Waals surface area contributed by atoms with E-state index in [4.69, 9.17) is 5.73 Å². The van der Waals surface area contributed by atoms with Gasteiger partial charge in [0.25, 0.3) is 0 Å². The van der Waals surface area contributed by atoms with Gasteiger partial charge in [0.1, 0.15) is 0 Å². The second-order valence-electron chi connectivity index (χ2n) is 5.48. The third-order valence-electron chi connectivity index (χ3n) is 5.00. The fourth-order valence-corrected chi connectivity index (χ4v) is 4.26. The second-order valence-corrected chi connectivity index (χ2v) is 5.48. The Kier molecular flexibility index (Phi) is 1.74. The highest BCUT2D eigenvalue weighted by atomic mass is 14.9. The quantitative estimate of drug-likeness (QED) is 0.658. The molecule has 74 valence electrons. The molecule has 1 heteroatoms. The Morgan fingerprint density at radius 1 is 0.769 bits per heavy atom. The fraction of sp³-hybridized carbons (Fsp3) is 1.00. The predicted octanol–water partition coefficient (Wildman–Crippen LogP) is 2.69. The zero-order chi connectivity index (χ0) is 8.89. The molecule has 3 saturated carbocycles. The minimum atomic E-state index is 0.332. The van der Waals surface area contributed by atoms with Crippen LogP contribution >= 0.6 is 0 Å². The Labute approximate surface area is 81.1 Å². The summed E-state index contributed by atoms with van der Waals surface area (Å²) < 4.78 is 0. The zero-order valence-corrected chi connectivity index (χ0v) is 8.47. The molecule has 0 aromatic rings. The zero-order valence-electron chi connectivity index (χ0n) is 8.47. The van der Waals surface area contributed by atoms with Gasteiger partial charge in [-0.3, -0.25) is 0 Å². The van der Waals surface area contributed by atoms with Crippen LogP contribution in [0.25, 0.3) is 0 Å². The molecular formula is C12H21N. The summed E-state index contributed by atoms with van der Waals surface area (Å²) in [6.45, 7) is 0. The van der Waals surface area contributed by atoms with E-state index >= 15 is 0 Å². The number of fused-ring (bicyclic) bond motifs is 1. The van der Waals surface area contributed by atoms with Crippen molar-refractivity contribution in [3.05, 3.63) is 0 Å². The van der Waals surface area contributed by atoms with Crippen molar-refractivity contribution < 1.29 is 0 Å². The predicted molar refractivity (Wildman–Crippen MR) is 54.3 cm³/mol. The van der Waals surface area contributed by atoms with Gasteiger partial charge in [0, 0.05) is 5.54 Å². The van der Waals surface area contributed by atoms with Gasteiger partial charge in [0.2, 0.25) is 0 Å². The van der Waals surface area contributed by atoms with Crippen LogP contribution < -0.4 is 5.73 Å². The lowest BCUT2D eigenvalue weighted by molar-refractivity contribution is 0.254. The number of rotatable bonds is 1. The second kappa shape index (κ2) is 2.73. The van der Waals surface area contributed by atoms with Gasteiger partial charge in [-0.2, -0.15) is 0 Å². The summed E-state index contributed by atoms with van der Waals surface area (Å²) in [7, 11) is 0. The highest BCUT2D eigenvalue weighted by Crippen LogP contribution is 2.64. The van der Waals surface area contributed by atoms with Crippen LogP contribution in [0.15, 0.2) is 0 Å². The summed E-state index contributed by atoms with van der Waals surface area (Å²) in [6, 6.07) is 0. The average molecular weight is 179 g/mol. The van der Waals surface area contributed by atoms with E-state index in [0.717, 1.165) is 17.8 Å². The van der Waals surface area contributed by atoms with Crippen molar-refractivity contribution >= 4 is 0 Å². The molecule has 0 saturated heterocycles. The first kappa shape index (κ1) is 8.28. The van der Waals surface area contributed by atoms with E-state index in [1.54, 1.807) is 0 Å². The Balaban J connectivity index is 1.71. The summed E-state index contributed by atoms with van der Waals surface area (Å²) in [4.78, 5) is 0. The molecule has 3 fully saturated rings. The average Bonchev–Trinajstić information content (AvgIpc) is 2.62. The SMILES string of the molecule is NC1(C2CCCCC2)C2CCCC21. The largest absolute Gasteiger partial charge is 0.324 e. The van der Waals surface area contributed by atoms with Crippen LogP contribution in [0.3, 0.4) is 0 Å². The molecule has 3 aliphatic rings. The molecule has 0 bridgehead atoms. The molecule has 1 nitrogen and oxygen atoms in total. The summed E-state index contributed by atoms with van der Waals surface area (Å²) in [5.41, 5.74) is 6.90. The lowest BCUT2D eigenvalue weighted by atomic mass is 9.79. The monoisotopic (exact) mass is 179 g/mol. The first-order chi connectivity index (χ1) is 6.33. The van der Waals surface area contributed by atoms with Gasteiger partial charge in [0.15, 0.2) is 0 Å². The van der Waals surface area contributed by atoms with Gasteiger partial charge in [-0.05, 0) is 43.4 Å². The minimum absolute atomic E-state index is 0.332. The van der Waals surface area contributed by atoms with E-state index in [0.29, 0.717) is 5.54 Å². The fourth-order valence-electron chi connectivity index (χ4n) is 4.26. The molecule has 0 aromatic heterocycles. The molecule has 0 aliphatic heterocycles. The van der Waals surface area contributed by atoms with Crippen LogP contribution in [-0.4, -0.2) is 5.54 Å². The smallest absolute Gasteiger partial charge is 0.0246 e. The highest BCUT2D eigenvalue weighted by Gasteiger charge is 2.66. The molecule has 2 unspecified atom stereocenters. The van der Waals surface area contributed by atoms with Crippen molar-refractivity contribution in [2.75, 3.05) is 0 Å². The van der Waals surface area contributed by atoms with Gasteiger partial charge in [-0.1, -0.05) is 25.7 Å². The van der Waals surface area contributed by atoms with E-state index in [1.165, 1.54) is 51.4 Å². The van der Waals surface area contributed by atoms with Gasteiger partial charge in [-0.25, -0.2) is 0 Å². The van der Waals surface area contributed by atoms with Gasteiger partial charge in [-0.15, -0.1) is 0 Å². The lowest BCUT2D eigenvalue weighted by Crippen LogP contribution is -2.38. The Morgan fingerprint density at radius 2 is 1.38 bits per heavy atom. The number of hydrogen-bond donors (Lipinski definition) is 1. The van der Waals surface area contributed by atoms with Crippen LogP contribution in [0, 0.1) is 17.8 Å². The van der Waals surface area contributed by atoms with E-state index in [2.05, 4.69) is 0 Å². The third-order valence-corrected chi connectivity index (χ3v) is 5.00. The molecule has 0 amide bonds. The normalized spacial score (nSPS) is 50.5. The minimum Gasteiger partial charge on any atom is -0.324 e. The van der Waals surface area contributed by atoms with Crippen molar-refractivity contribution in [2.24, 2.45) is 23.5 Å². The van der Waals surface area contributed by atoms with Crippen molar-refractivity contribution in [2.45, 2.75) is 56.9 Å². The summed E-state index contributed by atoms with van der Waals surface area (Å²) in [5, 5.41) is 0. The summed E-state index contributed by atoms with van der Waals surface area (Å²) >= 11 is 0. The topological polar surface area (TPSA) is 26.0 Å². The van der Waals surface area contributed by atoms with E-state index in [-0.39, 0.29) is 0 Å². The summed E-state index contributed by atoms with van der Waals surface area (Å²) in [5.74, 6) is 2.78. The van der Waals surface area contributed by atoms with Crippen molar-refractivity contribution in [3.8, 4) is 0 Å². The van der Waals surface area contributed by atoms with E-state index in [1.807, 2.05) is 0 Å². The van der Waals surface area contributed by atoms with Crippen molar-refractivity contribution in [1.29, 1.82) is 0 Å². The molecule has 3 rings (SSSR count). The molecule has 2 atom stereocenters. The van der Waals surface area contributed by atoms with Crippen LogP contribution in [0.1, 0.15) is 51.4 Å². The van der Waals surface area contributed by atoms with Crippen molar-refractivity contribution in [1.82, 2.24) is 0 Å². The molecule has 0 heterocycles. The van der Waals surface area contributed by atoms with Crippen molar-refractivity contribution in [3.63, 3.8) is 0 Å². The first-order valence-electron chi connectivity index (χ1n) is 6.12. The first-order valence-corrected chi connectivity index (χ1v) is 6.12. The maximum Gasteiger partial charge on any atom is 0.0246 e.